The third-order valence-corrected chi connectivity index (χ3v) is 6.34. The van der Waals surface area contributed by atoms with Gasteiger partial charge in [-0.1, -0.05) is 73.1 Å². The fraction of sp³-hybridized carbons (Fsp3) is 0.576. The van der Waals surface area contributed by atoms with Crippen LogP contribution in [0.5, 0.6) is 0 Å². The predicted molar refractivity (Wildman–Crippen MR) is 167 cm³/mol. The van der Waals surface area contributed by atoms with Crippen LogP contribution < -0.4 is 10.6 Å². The highest BCUT2D eigenvalue weighted by molar-refractivity contribution is 5.99. The van der Waals surface area contributed by atoms with E-state index in [4.69, 9.17) is 15.5 Å². The van der Waals surface area contributed by atoms with Crippen molar-refractivity contribution in [2.75, 3.05) is 38.3 Å². The van der Waals surface area contributed by atoms with Gasteiger partial charge in [-0.2, -0.15) is 0 Å². The maximum absolute atomic E-state index is 13.5. The van der Waals surface area contributed by atoms with Crippen molar-refractivity contribution < 1.29 is 13.9 Å². The lowest BCUT2D eigenvalue weighted by Gasteiger charge is -2.43. The second kappa shape index (κ2) is 18.4. The van der Waals surface area contributed by atoms with Gasteiger partial charge in [-0.3, -0.25) is 4.79 Å². The van der Waals surface area contributed by atoms with Crippen LogP contribution >= 0.6 is 0 Å². The topological polar surface area (TPSA) is 71.7 Å². The molecule has 6 nitrogen and oxygen atoms in total. The maximum Gasteiger partial charge on any atom is 0.252 e. The molecule has 1 aromatic carbocycles. The first kappa shape index (κ1) is 35.1. The number of halogens is 1. The maximum atomic E-state index is 13.5. The first-order valence-corrected chi connectivity index (χ1v) is 15.0. The smallest absolute Gasteiger partial charge is 0.252 e. The molecule has 7 heteroatoms. The van der Waals surface area contributed by atoms with Gasteiger partial charge in [0, 0.05) is 56.4 Å². The molecule has 2 aromatic rings. The molecule has 1 saturated heterocycles. The fourth-order valence-electron chi connectivity index (χ4n) is 4.45. The highest BCUT2D eigenvalue weighted by Gasteiger charge is 2.33. The monoisotopic (exact) mass is 556 g/mol. The van der Waals surface area contributed by atoms with Crippen LogP contribution in [0.4, 0.5) is 10.2 Å². The molecular formula is C33H53FN4O2. The Morgan fingerprint density at radius 1 is 1.10 bits per heavy atom. The van der Waals surface area contributed by atoms with Gasteiger partial charge in [-0.25, -0.2) is 9.37 Å². The number of anilines is 1. The second-order valence-corrected chi connectivity index (χ2v) is 10.1. The number of nitrogens with zero attached hydrogens (tertiary/aromatic N) is 3. The van der Waals surface area contributed by atoms with Gasteiger partial charge in [0.1, 0.15) is 11.6 Å². The third-order valence-electron chi connectivity index (χ3n) is 6.34. The number of benzene rings is 1. The molecule has 0 radical (unpaired) electrons. The Morgan fingerprint density at radius 2 is 1.68 bits per heavy atom. The zero-order chi connectivity index (χ0) is 30.2. The Balaban J connectivity index is 0.000000902. The van der Waals surface area contributed by atoms with Gasteiger partial charge in [0.15, 0.2) is 0 Å². The SMILES string of the molecule is C=C(CCOC)N1CCN(c2nc(C3CC3)c(-c3ccc(F)cc3)cc2C(N)=O)CC1C.CC.CCC.CCC. The number of nitrogens with two attached hydrogens (primary N) is 1. The standard InChI is InChI=1S/C25H31FN4O2.2C3H8.C2H6/c1-16(10-13-32-3)30-12-11-29(15-17(30)2)25-22(24(27)31)14-21(23(28-25)19-4-5-19)18-6-8-20(26)9-7-18;2*1-3-2;1-2/h6-9,14,17,19H,1,4-5,10-13,15H2,2-3H3,(H2,27,31);2*3H2,1-2H3;1-2H3. The summed E-state index contributed by atoms with van der Waals surface area (Å²) in [7, 11) is 1.69. The van der Waals surface area contributed by atoms with Gasteiger partial charge < -0.3 is 20.3 Å². The number of rotatable bonds is 8. The highest BCUT2D eigenvalue weighted by atomic mass is 19.1. The van der Waals surface area contributed by atoms with Crippen LogP contribution in [0.25, 0.3) is 11.1 Å². The summed E-state index contributed by atoms with van der Waals surface area (Å²) in [6, 6.07) is 8.39. The van der Waals surface area contributed by atoms with Crippen LogP contribution in [0, 0.1) is 5.82 Å². The van der Waals surface area contributed by atoms with E-state index in [1.54, 1.807) is 19.2 Å². The summed E-state index contributed by atoms with van der Waals surface area (Å²) in [6.07, 6.45) is 5.43. The van der Waals surface area contributed by atoms with Crippen LogP contribution in [0.15, 0.2) is 42.6 Å². The molecule has 1 aliphatic heterocycles. The normalized spacial score (nSPS) is 16.0. The lowest BCUT2D eigenvalue weighted by atomic mass is 9.98. The lowest BCUT2D eigenvalue weighted by molar-refractivity contribution is 0.1000. The van der Waals surface area contributed by atoms with Gasteiger partial charge in [0.25, 0.3) is 5.91 Å². The van der Waals surface area contributed by atoms with Crippen molar-refractivity contribution in [2.45, 2.75) is 92.5 Å². The summed E-state index contributed by atoms with van der Waals surface area (Å²) in [6.45, 7) is 21.8. The van der Waals surface area contributed by atoms with Gasteiger partial charge in [-0.05, 0) is 43.5 Å². The number of ether oxygens (including phenoxy) is 1. The number of hydrogen-bond donors (Lipinski definition) is 1. The molecule has 1 atom stereocenters. The molecule has 4 rings (SSSR count). The average Bonchev–Trinajstić information content (AvgIpc) is 3.79. The minimum absolute atomic E-state index is 0.219. The Hall–Kier alpha value is -2.93. The van der Waals surface area contributed by atoms with Gasteiger partial charge in [-0.15, -0.1) is 0 Å². The molecule has 2 heterocycles. The Morgan fingerprint density at radius 3 is 2.15 bits per heavy atom. The van der Waals surface area contributed by atoms with E-state index in [1.807, 2.05) is 19.9 Å². The van der Waals surface area contributed by atoms with E-state index in [-0.39, 0.29) is 11.9 Å². The molecule has 1 unspecified atom stereocenters. The molecule has 2 aliphatic rings. The Bertz CT molecular complexity index is 1040. The van der Waals surface area contributed by atoms with E-state index in [9.17, 15) is 9.18 Å². The molecule has 1 saturated carbocycles. The van der Waals surface area contributed by atoms with Crippen molar-refractivity contribution in [1.82, 2.24) is 9.88 Å². The summed E-state index contributed by atoms with van der Waals surface area (Å²) in [4.78, 5) is 21.9. The number of carbonyl (C=O) groups excluding carboxylic acids is 1. The molecule has 1 aliphatic carbocycles. The Labute approximate surface area is 242 Å². The number of piperazine rings is 1. The largest absolute Gasteiger partial charge is 0.384 e. The van der Waals surface area contributed by atoms with Crippen LogP contribution in [0.2, 0.25) is 0 Å². The highest BCUT2D eigenvalue weighted by Crippen LogP contribution is 2.45. The number of amides is 1. The third kappa shape index (κ3) is 10.2. The van der Waals surface area contributed by atoms with Crippen LogP contribution in [-0.4, -0.2) is 55.2 Å². The molecule has 224 valence electrons. The van der Waals surface area contributed by atoms with Gasteiger partial charge in [0.05, 0.1) is 17.9 Å². The molecule has 2 N–H and O–H groups in total. The first-order chi connectivity index (χ1) is 19.2. The minimum atomic E-state index is -0.502. The molecule has 0 spiro atoms. The van der Waals surface area contributed by atoms with E-state index in [0.717, 1.165) is 61.4 Å². The number of pyridine rings is 1. The van der Waals surface area contributed by atoms with Crippen LogP contribution in [-0.2, 0) is 4.74 Å². The van der Waals surface area contributed by atoms with Crippen molar-refractivity contribution in [2.24, 2.45) is 5.73 Å². The van der Waals surface area contributed by atoms with Crippen molar-refractivity contribution in [1.29, 1.82) is 0 Å². The van der Waals surface area contributed by atoms with Crippen LogP contribution in [0.3, 0.4) is 0 Å². The van der Waals surface area contributed by atoms with E-state index < -0.39 is 5.91 Å². The fourth-order valence-corrected chi connectivity index (χ4v) is 4.45. The zero-order valence-corrected chi connectivity index (χ0v) is 26.2. The average molecular weight is 557 g/mol. The first-order valence-electron chi connectivity index (χ1n) is 15.0. The lowest BCUT2D eigenvalue weighted by Crippen LogP contribution is -2.52. The van der Waals surface area contributed by atoms with E-state index in [1.165, 1.54) is 25.0 Å². The van der Waals surface area contributed by atoms with Crippen molar-refractivity contribution in [3.05, 3.63) is 59.7 Å². The number of carbonyl (C=O) groups is 1. The number of primary amides is 1. The molecule has 0 bridgehead atoms. The molecule has 40 heavy (non-hydrogen) atoms. The number of hydrogen-bond acceptors (Lipinski definition) is 5. The van der Waals surface area contributed by atoms with Gasteiger partial charge >= 0.3 is 0 Å². The molecule has 2 fully saturated rings. The number of aromatic nitrogens is 1. The van der Waals surface area contributed by atoms with E-state index in [2.05, 4.69) is 51.0 Å². The zero-order valence-electron chi connectivity index (χ0n) is 26.2. The van der Waals surface area contributed by atoms with Crippen molar-refractivity contribution in [3.63, 3.8) is 0 Å². The van der Waals surface area contributed by atoms with Crippen LogP contribution in [0.1, 0.15) is 103 Å². The molecular weight excluding hydrogens is 503 g/mol. The summed E-state index contributed by atoms with van der Waals surface area (Å²) in [5, 5.41) is 0. The van der Waals surface area contributed by atoms with Crippen molar-refractivity contribution >= 4 is 11.7 Å². The molecule has 1 aromatic heterocycles. The minimum Gasteiger partial charge on any atom is -0.384 e. The summed E-state index contributed by atoms with van der Waals surface area (Å²) >= 11 is 0. The van der Waals surface area contributed by atoms with Crippen molar-refractivity contribution in [3.8, 4) is 11.1 Å². The second-order valence-electron chi connectivity index (χ2n) is 10.1. The summed E-state index contributed by atoms with van der Waals surface area (Å²) < 4.78 is 18.7. The van der Waals surface area contributed by atoms with Gasteiger partial charge in [0.2, 0.25) is 0 Å². The Kier molecular flexibility index (Phi) is 16.2. The molecule has 1 amide bonds. The summed E-state index contributed by atoms with van der Waals surface area (Å²) in [5.74, 6) is 0.223. The van der Waals surface area contributed by atoms with E-state index in [0.29, 0.717) is 23.9 Å². The number of methoxy groups -OCH3 is 1. The summed E-state index contributed by atoms with van der Waals surface area (Å²) in [5.41, 5.74) is 9.95. The van der Waals surface area contributed by atoms with E-state index >= 15 is 0 Å². The quantitative estimate of drug-likeness (QED) is 0.359. The predicted octanol–water partition coefficient (Wildman–Crippen LogP) is 7.78.